The minimum Gasteiger partial charge on any atom is -0.488 e. The molecule has 0 unspecified atom stereocenters. The van der Waals surface area contributed by atoms with E-state index in [0.717, 1.165) is 15.8 Å². The van der Waals surface area contributed by atoms with E-state index >= 15 is 0 Å². The number of imide groups is 1. The van der Waals surface area contributed by atoms with E-state index in [1.165, 1.54) is 5.39 Å². The van der Waals surface area contributed by atoms with Crippen molar-refractivity contribution in [2.24, 2.45) is 0 Å². The quantitative estimate of drug-likeness (QED) is 0.290. The summed E-state index contributed by atoms with van der Waals surface area (Å²) in [7, 11) is 0. The largest absolute Gasteiger partial charge is 0.488 e. The van der Waals surface area contributed by atoms with Crippen LogP contribution in [0.15, 0.2) is 96.7 Å². The molecule has 33 heavy (non-hydrogen) atoms. The molecule has 5 nitrogen and oxygen atoms in total. The SMILES string of the molecule is O=C1N/C(=C/c2ccccc2OCc2ccc3ccccc3c2)C(=O)N1c1cccc(Cl)c1. The minimum atomic E-state index is -0.525. The Morgan fingerprint density at radius 2 is 1.64 bits per heavy atom. The molecule has 1 heterocycles. The molecular weight excluding hydrogens is 436 g/mol. The van der Waals surface area contributed by atoms with Crippen molar-refractivity contribution in [1.29, 1.82) is 0 Å². The number of nitrogens with zero attached hydrogens (tertiary/aromatic N) is 1. The van der Waals surface area contributed by atoms with E-state index in [4.69, 9.17) is 16.3 Å². The van der Waals surface area contributed by atoms with E-state index in [9.17, 15) is 9.59 Å². The number of anilines is 1. The lowest BCUT2D eigenvalue weighted by atomic mass is 10.1. The molecule has 1 N–H and O–H groups in total. The van der Waals surface area contributed by atoms with Crippen molar-refractivity contribution in [2.45, 2.75) is 6.61 Å². The second kappa shape index (κ2) is 8.81. The third-order valence-electron chi connectivity index (χ3n) is 5.37. The molecule has 1 saturated heterocycles. The van der Waals surface area contributed by atoms with Crippen LogP contribution in [0.25, 0.3) is 16.8 Å². The average molecular weight is 455 g/mol. The first-order chi connectivity index (χ1) is 16.1. The Labute approximate surface area is 195 Å². The van der Waals surface area contributed by atoms with Gasteiger partial charge in [-0.25, -0.2) is 9.69 Å². The van der Waals surface area contributed by atoms with E-state index in [1.807, 2.05) is 42.5 Å². The van der Waals surface area contributed by atoms with E-state index < -0.39 is 11.9 Å². The highest BCUT2D eigenvalue weighted by Gasteiger charge is 2.35. The van der Waals surface area contributed by atoms with Gasteiger partial charge in [0.25, 0.3) is 5.91 Å². The van der Waals surface area contributed by atoms with E-state index in [2.05, 4.69) is 29.6 Å². The van der Waals surface area contributed by atoms with E-state index in [1.54, 1.807) is 30.3 Å². The summed E-state index contributed by atoms with van der Waals surface area (Å²) in [5, 5.41) is 5.40. The number of urea groups is 1. The number of ether oxygens (including phenoxy) is 1. The molecule has 4 aromatic rings. The summed E-state index contributed by atoms with van der Waals surface area (Å²) in [4.78, 5) is 26.5. The maximum atomic E-state index is 12.9. The number of hydrogen-bond donors (Lipinski definition) is 1. The van der Waals surface area contributed by atoms with Crippen LogP contribution >= 0.6 is 11.6 Å². The number of para-hydroxylation sites is 1. The number of amides is 3. The van der Waals surface area contributed by atoms with Crippen molar-refractivity contribution in [1.82, 2.24) is 5.32 Å². The zero-order chi connectivity index (χ0) is 22.8. The molecule has 0 aliphatic carbocycles. The lowest BCUT2D eigenvalue weighted by Crippen LogP contribution is -2.30. The van der Waals surface area contributed by atoms with Crippen LogP contribution < -0.4 is 15.0 Å². The zero-order valence-corrected chi connectivity index (χ0v) is 18.3. The van der Waals surface area contributed by atoms with Gasteiger partial charge < -0.3 is 10.1 Å². The van der Waals surface area contributed by atoms with Crippen molar-refractivity contribution in [3.63, 3.8) is 0 Å². The maximum absolute atomic E-state index is 12.9. The third-order valence-corrected chi connectivity index (χ3v) is 5.61. The van der Waals surface area contributed by atoms with Gasteiger partial charge in [-0.1, -0.05) is 72.3 Å². The number of benzene rings is 4. The summed E-state index contributed by atoms with van der Waals surface area (Å²) in [6.45, 7) is 0.375. The van der Waals surface area contributed by atoms with Crippen molar-refractivity contribution in [2.75, 3.05) is 4.90 Å². The van der Waals surface area contributed by atoms with Gasteiger partial charge in [0.15, 0.2) is 0 Å². The highest BCUT2D eigenvalue weighted by atomic mass is 35.5. The summed E-state index contributed by atoms with van der Waals surface area (Å²) >= 11 is 6.02. The summed E-state index contributed by atoms with van der Waals surface area (Å²) in [6, 6.07) is 27.8. The highest BCUT2D eigenvalue weighted by molar-refractivity contribution is 6.32. The number of fused-ring (bicyclic) bond motifs is 1. The fourth-order valence-electron chi connectivity index (χ4n) is 3.76. The third kappa shape index (κ3) is 4.31. The number of nitrogens with one attached hydrogen (secondary N) is 1. The monoisotopic (exact) mass is 454 g/mol. The lowest BCUT2D eigenvalue weighted by Gasteiger charge is -2.12. The second-order valence-corrected chi connectivity index (χ2v) is 8.05. The molecule has 5 rings (SSSR count). The second-order valence-electron chi connectivity index (χ2n) is 7.62. The van der Waals surface area contributed by atoms with Crippen LogP contribution in [0.4, 0.5) is 10.5 Å². The van der Waals surface area contributed by atoms with Crippen LogP contribution in [0.2, 0.25) is 5.02 Å². The van der Waals surface area contributed by atoms with Gasteiger partial charge in [-0.2, -0.15) is 0 Å². The number of carbonyl (C=O) groups is 2. The zero-order valence-electron chi connectivity index (χ0n) is 17.5. The van der Waals surface area contributed by atoms with E-state index in [0.29, 0.717) is 28.6 Å². The average Bonchev–Trinajstić information content (AvgIpc) is 3.11. The smallest absolute Gasteiger partial charge is 0.333 e. The Morgan fingerprint density at radius 1 is 0.848 bits per heavy atom. The van der Waals surface area contributed by atoms with Crippen molar-refractivity contribution >= 4 is 46.1 Å². The van der Waals surface area contributed by atoms with Crippen LogP contribution in [0, 0.1) is 0 Å². The predicted octanol–water partition coefficient (Wildman–Crippen LogP) is 6.17. The molecule has 1 fully saturated rings. The molecule has 0 aromatic heterocycles. The Hall–Kier alpha value is -4.09. The number of carbonyl (C=O) groups excluding carboxylic acids is 2. The number of hydrogen-bond acceptors (Lipinski definition) is 3. The first kappa shape index (κ1) is 20.8. The molecule has 0 atom stereocenters. The van der Waals surface area contributed by atoms with Crippen molar-refractivity contribution in [3.05, 3.63) is 113 Å². The molecule has 162 valence electrons. The van der Waals surface area contributed by atoms with Gasteiger partial charge in [-0.3, -0.25) is 4.79 Å². The molecule has 0 bridgehead atoms. The Kier molecular flexibility index (Phi) is 5.55. The van der Waals surface area contributed by atoms with Gasteiger partial charge >= 0.3 is 6.03 Å². The van der Waals surface area contributed by atoms with Crippen LogP contribution in [0.1, 0.15) is 11.1 Å². The summed E-state index contributed by atoms with van der Waals surface area (Å²) in [5.41, 5.74) is 2.30. The van der Waals surface area contributed by atoms with Gasteiger partial charge in [0.1, 0.15) is 18.1 Å². The molecule has 1 aliphatic rings. The first-order valence-corrected chi connectivity index (χ1v) is 10.8. The molecule has 3 amide bonds. The fraction of sp³-hybridized carbons (Fsp3) is 0.0370. The Bertz CT molecular complexity index is 1410. The van der Waals surface area contributed by atoms with Crippen LogP contribution in [-0.2, 0) is 11.4 Å². The minimum absolute atomic E-state index is 0.168. The molecule has 1 aliphatic heterocycles. The van der Waals surface area contributed by atoms with Gasteiger partial charge in [0.05, 0.1) is 5.69 Å². The first-order valence-electron chi connectivity index (χ1n) is 10.4. The summed E-state index contributed by atoms with van der Waals surface area (Å²) in [6.07, 6.45) is 1.63. The summed E-state index contributed by atoms with van der Waals surface area (Å²) < 4.78 is 6.07. The molecule has 0 spiro atoms. The van der Waals surface area contributed by atoms with Gasteiger partial charge in [-0.15, -0.1) is 0 Å². The Morgan fingerprint density at radius 3 is 2.48 bits per heavy atom. The standard InChI is InChI=1S/C27H19ClN2O3/c28-22-9-5-10-23(16-22)30-26(31)24(29-27(30)32)15-21-8-3-4-11-25(21)33-17-18-12-13-19-6-1-2-7-20(19)14-18/h1-16H,17H2,(H,29,32)/b24-15+. The molecule has 6 heteroatoms. The fourth-order valence-corrected chi connectivity index (χ4v) is 3.95. The summed E-state index contributed by atoms with van der Waals surface area (Å²) in [5.74, 6) is 0.160. The number of halogens is 1. The normalized spacial score (nSPS) is 14.7. The van der Waals surface area contributed by atoms with Crippen LogP contribution in [0.3, 0.4) is 0 Å². The lowest BCUT2D eigenvalue weighted by molar-refractivity contribution is -0.113. The van der Waals surface area contributed by atoms with Crippen molar-refractivity contribution in [3.8, 4) is 5.75 Å². The maximum Gasteiger partial charge on any atom is 0.333 e. The van der Waals surface area contributed by atoms with Crippen molar-refractivity contribution < 1.29 is 14.3 Å². The molecule has 4 aromatic carbocycles. The molecular formula is C27H19ClN2O3. The van der Waals surface area contributed by atoms with Gasteiger partial charge in [-0.05, 0) is 52.7 Å². The van der Waals surface area contributed by atoms with Crippen LogP contribution in [-0.4, -0.2) is 11.9 Å². The Balaban J connectivity index is 1.38. The van der Waals surface area contributed by atoms with Gasteiger partial charge in [0, 0.05) is 10.6 Å². The molecule has 0 saturated carbocycles. The predicted molar refractivity (Wildman–Crippen MR) is 130 cm³/mol. The van der Waals surface area contributed by atoms with Gasteiger partial charge in [0.2, 0.25) is 0 Å². The topological polar surface area (TPSA) is 58.6 Å². The van der Waals surface area contributed by atoms with E-state index in [-0.39, 0.29) is 5.70 Å². The van der Waals surface area contributed by atoms with Crippen LogP contribution in [0.5, 0.6) is 5.75 Å². The number of rotatable bonds is 5. The highest BCUT2D eigenvalue weighted by Crippen LogP contribution is 2.27. The molecule has 0 radical (unpaired) electrons.